The minimum absolute atomic E-state index is 0.152. The Bertz CT molecular complexity index is 933. The van der Waals surface area contributed by atoms with Crippen molar-refractivity contribution in [2.45, 2.75) is 4.90 Å². The lowest BCUT2D eigenvalue weighted by Crippen LogP contribution is -2.49. The Morgan fingerprint density at radius 3 is 2.50 bits per heavy atom. The van der Waals surface area contributed by atoms with E-state index in [2.05, 4.69) is 20.9 Å². The molecule has 0 atom stereocenters. The number of piperazine rings is 1. The first-order valence-electron chi connectivity index (χ1n) is 7.90. The summed E-state index contributed by atoms with van der Waals surface area (Å²) in [7, 11) is -2.20. The van der Waals surface area contributed by atoms with E-state index < -0.39 is 10.0 Å². The lowest BCUT2D eigenvalue weighted by atomic mass is 10.3. The van der Waals surface area contributed by atoms with E-state index in [4.69, 9.17) is 10.00 Å². The standard InChI is InChI=1S/C17H17BrN4O3S/c1-25-15-4-3-14(18)10-16(15)26(23,24)22-8-6-21(7-9-22)17-5-2-13(11-19)12-20-17/h2-5,10,12H,6-9H2,1H3. The molecule has 0 aliphatic carbocycles. The zero-order valence-corrected chi connectivity index (χ0v) is 16.5. The number of methoxy groups -OCH3 is 1. The molecule has 0 spiro atoms. The average Bonchev–Trinajstić information content (AvgIpc) is 2.68. The number of sulfonamides is 1. The fraction of sp³-hybridized carbons (Fsp3) is 0.294. The van der Waals surface area contributed by atoms with Gasteiger partial charge in [-0.2, -0.15) is 9.57 Å². The highest BCUT2D eigenvalue weighted by Crippen LogP contribution is 2.30. The molecule has 2 heterocycles. The van der Waals surface area contributed by atoms with Gasteiger partial charge < -0.3 is 9.64 Å². The van der Waals surface area contributed by atoms with Gasteiger partial charge in [-0.3, -0.25) is 0 Å². The molecule has 0 saturated carbocycles. The van der Waals surface area contributed by atoms with Crippen LogP contribution in [-0.4, -0.2) is 51.0 Å². The van der Waals surface area contributed by atoms with Crippen molar-refractivity contribution >= 4 is 31.8 Å². The van der Waals surface area contributed by atoms with Crippen molar-refractivity contribution in [3.8, 4) is 11.8 Å². The van der Waals surface area contributed by atoms with Gasteiger partial charge in [0, 0.05) is 36.8 Å². The van der Waals surface area contributed by atoms with Crippen molar-refractivity contribution in [1.29, 1.82) is 5.26 Å². The molecule has 0 N–H and O–H groups in total. The number of nitrogens with zero attached hydrogens (tertiary/aromatic N) is 4. The van der Waals surface area contributed by atoms with Crippen LogP contribution in [0.25, 0.3) is 0 Å². The van der Waals surface area contributed by atoms with E-state index >= 15 is 0 Å². The van der Waals surface area contributed by atoms with Gasteiger partial charge in [0.25, 0.3) is 0 Å². The molecule has 1 aromatic heterocycles. The van der Waals surface area contributed by atoms with Crippen LogP contribution < -0.4 is 9.64 Å². The van der Waals surface area contributed by atoms with Crippen molar-refractivity contribution in [3.05, 3.63) is 46.6 Å². The maximum atomic E-state index is 13.0. The van der Waals surface area contributed by atoms with Gasteiger partial charge in [0.1, 0.15) is 22.5 Å². The maximum absolute atomic E-state index is 13.0. The molecule has 136 valence electrons. The van der Waals surface area contributed by atoms with E-state index in [1.54, 1.807) is 30.3 Å². The fourth-order valence-electron chi connectivity index (χ4n) is 2.79. The van der Waals surface area contributed by atoms with Crippen molar-refractivity contribution in [1.82, 2.24) is 9.29 Å². The number of benzene rings is 1. The lowest BCUT2D eigenvalue weighted by molar-refractivity contribution is 0.373. The van der Waals surface area contributed by atoms with E-state index in [1.165, 1.54) is 17.6 Å². The van der Waals surface area contributed by atoms with Crippen molar-refractivity contribution in [2.75, 3.05) is 38.2 Å². The minimum atomic E-state index is -3.66. The van der Waals surface area contributed by atoms with Gasteiger partial charge in [-0.15, -0.1) is 0 Å². The zero-order chi connectivity index (χ0) is 18.7. The van der Waals surface area contributed by atoms with E-state index in [9.17, 15) is 8.42 Å². The molecule has 1 fully saturated rings. The smallest absolute Gasteiger partial charge is 0.246 e. The van der Waals surface area contributed by atoms with Crippen molar-refractivity contribution < 1.29 is 13.2 Å². The molecular formula is C17H17BrN4O3S. The summed E-state index contributed by atoms with van der Waals surface area (Å²) in [6.45, 7) is 1.74. The third-order valence-corrected chi connectivity index (χ3v) is 6.60. The van der Waals surface area contributed by atoms with Gasteiger partial charge in [-0.25, -0.2) is 13.4 Å². The summed E-state index contributed by atoms with van der Waals surface area (Å²) in [6, 6.07) is 10.5. The van der Waals surface area contributed by atoms with Crippen LogP contribution in [0.5, 0.6) is 5.75 Å². The van der Waals surface area contributed by atoms with E-state index in [-0.39, 0.29) is 4.90 Å². The van der Waals surface area contributed by atoms with Crippen LogP contribution in [0.3, 0.4) is 0 Å². The largest absolute Gasteiger partial charge is 0.495 e. The van der Waals surface area contributed by atoms with Crippen molar-refractivity contribution in [3.63, 3.8) is 0 Å². The molecule has 3 rings (SSSR count). The highest BCUT2D eigenvalue weighted by molar-refractivity contribution is 9.10. The second kappa shape index (κ2) is 7.61. The number of hydrogen-bond acceptors (Lipinski definition) is 6. The molecule has 0 bridgehead atoms. The fourth-order valence-corrected chi connectivity index (χ4v) is 4.90. The third kappa shape index (κ3) is 3.67. The van der Waals surface area contributed by atoms with Gasteiger partial charge in [-0.05, 0) is 30.3 Å². The first kappa shape index (κ1) is 18.6. The van der Waals surface area contributed by atoms with E-state index in [1.807, 2.05) is 11.0 Å². The summed E-state index contributed by atoms with van der Waals surface area (Å²) < 4.78 is 33.4. The molecule has 0 unspecified atom stereocenters. The predicted molar refractivity (Wildman–Crippen MR) is 101 cm³/mol. The maximum Gasteiger partial charge on any atom is 0.246 e. The first-order valence-corrected chi connectivity index (χ1v) is 10.1. The summed E-state index contributed by atoms with van der Waals surface area (Å²) in [6.07, 6.45) is 1.52. The summed E-state index contributed by atoms with van der Waals surface area (Å²) in [5.41, 5.74) is 0.497. The number of anilines is 1. The Morgan fingerprint density at radius 2 is 1.92 bits per heavy atom. The molecule has 2 aromatic rings. The molecule has 1 aliphatic heterocycles. The number of halogens is 1. The molecule has 1 aliphatic rings. The number of aromatic nitrogens is 1. The van der Waals surface area contributed by atoms with Crippen LogP contribution in [0, 0.1) is 11.3 Å². The summed E-state index contributed by atoms with van der Waals surface area (Å²) in [4.78, 5) is 6.42. The average molecular weight is 437 g/mol. The van der Waals surface area contributed by atoms with Gasteiger partial charge in [0.05, 0.1) is 12.7 Å². The van der Waals surface area contributed by atoms with Crippen LogP contribution in [-0.2, 0) is 10.0 Å². The Balaban J connectivity index is 1.76. The van der Waals surface area contributed by atoms with Crippen LogP contribution in [0.15, 0.2) is 45.9 Å². The van der Waals surface area contributed by atoms with Gasteiger partial charge >= 0.3 is 0 Å². The van der Waals surface area contributed by atoms with Gasteiger partial charge in [0.2, 0.25) is 10.0 Å². The van der Waals surface area contributed by atoms with Crippen LogP contribution in [0.4, 0.5) is 5.82 Å². The van der Waals surface area contributed by atoms with E-state index in [0.717, 1.165) is 5.82 Å². The predicted octanol–water partition coefficient (Wildman–Crippen LogP) is 2.24. The quantitative estimate of drug-likeness (QED) is 0.730. The molecule has 1 aromatic carbocycles. The van der Waals surface area contributed by atoms with Gasteiger partial charge in [-0.1, -0.05) is 15.9 Å². The van der Waals surface area contributed by atoms with Crippen LogP contribution in [0.1, 0.15) is 5.56 Å². The van der Waals surface area contributed by atoms with Crippen LogP contribution >= 0.6 is 15.9 Å². The monoisotopic (exact) mass is 436 g/mol. The SMILES string of the molecule is COc1ccc(Br)cc1S(=O)(=O)N1CCN(c2ccc(C#N)cn2)CC1. The molecule has 0 amide bonds. The number of nitriles is 1. The number of hydrogen-bond donors (Lipinski definition) is 0. The van der Waals surface area contributed by atoms with Gasteiger partial charge in [0.15, 0.2) is 0 Å². The summed E-state index contributed by atoms with van der Waals surface area (Å²) >= 11 is 3.32. The Kier molecular flexibility index (Phi) is 5.46. The molecule has 26 heavy (non-hydrogen) atoms. The van der Waals surface area contributed by atoms with E-state index in [0.29, 0.717) is 42.0 Å². The normalized spacial score (nSPS) is 15.5. The summed E-state index contributed by atoms with van der Waals surface area (Å²) in [5.74, 6) is 1.06. The molecule has 0 radical (unpaired) electrons. The number of pyridine rings is 1. The molecule has 7 nitrogen and oxygen atoms in total. The highest BCUT2D eigenvalue weighted by Gasteiger charge is 2.31. The van der Waals surface area contributed by atoms with Crippen molar-refractivity contribution in [2.24, 2.45) is 0 Å². The highest BCUT2D eigenvalue weighted by atomic mass is 79.9. The third-order valence-electron chi connectivity index (χ3n) is 4.18. The molecule has 1 saturated heterocycles. The first-order chi connectivity index (χ1) is 12.5. The Morgan fingerprint density at radius 1 is 1.19 bits per heavy atom. The Hall–Kier alpha value is -2.15. The number of rotatable bonds is 4. The second-order valence-corrected chi connectivity index (χ2v) is 8.53. The Labute approximate surface area is 161 Å². The second-order valence-electron chi connectivity index (χ2n) is 5.70. The topological polar surface area (TPSA) is 86.5 Å². The molecular weight excluding hydrogens is 420 g/mol. The zero-order valence-electron chi connectivity index (χ0n) is 14.1. The van der Waals surface area contributed by atoms with Crippen LogP contribution in [0.2, 0.25) is 0 Å². The summed E-state index contributed by atoms with van der Waals surface area (Å²) in [5, 5.41) is 8.84. The number of ether oxygens (including phenoxy) is 1. The lowest BCUT2D eigenvalue weighted by Gasteiger charge is -2.34. The minimum Gasteiger partial charge on any atom is -0.495 e. The molecule has 9 heteroatoms.